The molecular weight excluding hydrogens is 443 g/mol. The van der Waals surface area contributed by atoms with E-state index in [9.17, 15) is 4.79 Å². The highest BCUT2D eigenvalue weighted by Gasteiger charge is 2.17. The molecule has 7 heteroatoms. The van der Waals surface area contributed by atoms with Crippen LogP contribution in [-0.2, 0) is 11.3 Å². The number of nitrogens with one attached hydrogen (secondary N) is 3. The van der Waals surface area contributed by atoms with Gasteiger partial charge in [0.15, 0.2) is 5.96 Å². The Balaban J connectivity index is 0.00000625. The molecule has 1 aromatic rings. The fraction of sp³-hybridized carbons (Fsp3) is 0.579. The SMILES string of the molecule is CN=C(NCc1cccc(C(=O)NC(C)(C)C)c1)NCC(C)(C)OC.I. The number of halogens is 1. The van der Waals surface area contributed by atoms with Gasteiger partial charge < -0.3 is 20.7 Å². The maximum absolute atomic E-state index is 12.3. The standard InChI is InChI=1S/C19H32N4O2.HI/c1-18(2,3)23-16(24)15-10-8-9-14(11-15)12-21-17(20-6)22-13-19(4,5)25-7;/h8-11H,12-13H2,1-7H3,(H,23,24)(H2,20,21,22);1H. The molecule has 148 valence electrons. The molecule has 0 atom stereocenters. The van der Waals surface area contributed by atoms with E-state index in [-0.39, 0.29) is 41.0 Å². The molecule has 0 saturated carbocycles. The van der Waals surface area contributed by atoms with E-state index in [1.54, 1.807) is 14.2 Å². The lowest BCUT2D eigenvalue weighted by atomic mass is 10.1. The number of aliphatic imine (C=N–C) groups is 1. The van der Waals surface area contributed by atoms with E-state index >= 15 is 0 Å². The van der Waals surface area contributed by atoms with E-state index in [2.05, 4.69) is 20.9 Å². The quantitative estimate of drug-likeness (QED) is 0.336. The molecule has 0 radical (unpaired) electrons. The van der Waals surface area contributed by atoms with Crippen molar-refractivity contribution in [2.24, 2.45) is 4.99 Å². The van der Waals surface area contributed by atoms with Crippen LogP contribution in [0.4, 0.5) is 0 Å². The molecule has 0 heterocycles. The van der Waals surface area contributed by atoms with Crippen molar-refractivity contribution in [3.63, 3.8) is 0 Å². The minimum absolute atomic E-state index is 0. The second-order valence-electron chi connectivity index (χ2n) is 7.65. The van der Waals surface area contributed by atoms with Crippen LogP contribution in [0.25, 0.3) is 0 Å². The summed E-state index contributed by atoms with van der Waals surface area (Å²) in [6, 6.07) is 7.57. The van der Waals surface area contributed by atoms with Gasteiger partial charge in [0, 0.05) is 38.3 Å². The minimum atomic E-state index is -0.275. The summed E-state index contributed by atoms with van der Waals surface area (Å²) in [4.78, 5) is 16.5. The topological polar surface area (TPSA) is 74.8 Å². The summed E-state index contributed by atoms with van der Waals surface area (Å²) in [5.41, 5.74) is 1.13. The maximum atomic E-state index is 12.3. The van der Waals surface area contributed by atoms with Gasteiger partial charge in [-0.05, 0) is 52.3 Å². The Morgan fingerprint density at radius 3 is 2.35 bits per heavy atom. The molecule has 0 aromatic heterocycles. The van der Waals surface area contributed by atoms with Gasteiger partial charge in [-0.25, -0.2) is 0 Å². The van der Waals surface area contributed by atoms with Gasteiger partial charge in [-0.3, -0.25) is 9.79 Å². The van der Waals surface area contributed by atoms with Gasteiger partial charge in [-0.15, -0.1) is 24.0 Å². The molecule has 6 nitrogen and oxygen atoms in total. The molecular formula is C19H33IN4O2. The van der Waals surface area contributed by atoms with Crippen LogP contribution < -0.4 is 16.0 Å². The molecule has 1 aromatic carbocycles. The smallest absolute Gasteiger partial charge is 0.251 e. The number of hydrogen-bond donors (Lipinski definition) is 3. The average molecular weight is 476 g/mol. The highest BCUT2D eigenvalue weighted by Crippen LogP contribution is 2.08. The third-order valence-corrected chi connectivity index (χ3v) is 3.60. The van der Waals surface area contributed by atoms with E-state index in [4.69, 9.17) is 4.74 Å². The van der Waals surface area contributed by atoms with Crippen molar-refractivity contribution in [3.8, 4) is 0 Å². The molecule has 0 spiro atoms. The van der Waals surface area contributed by atoms with E-state index < -0.39 is 0 Å². The van der Waals surface area contributed by atoms with Crippen LogP contribution in [0.3, 0.4) is 0 Å². The van der Waals surface area contributed by atoms with E-state index in [1.165, 1.54) is 0 Å². The summed E-state index contributed by atoms with van der Waals surface area (Å²) >= 11 is 0. The molecule has 0 aliphatic rings. The van der Waals surface area contributed by atoms with Crippen LogP contribution >= 0.6 is 24.0 Å². The Bertz CT molecular complexity index is 610. The summed E-state index contributed by atoms with van der Waals surface area (Å²) in [7, 11) is 3.41. The maximum Gasteiger partial charge on any atom is 0.251 e. The zero-order valence-corrected chi connectivity index (χ0v) is 19.2. The molecule has 0 unspecified atom stereocenters. The first-order valence-corrected chi connectivity index (χ1v) is 8.47. The molecule has 1 rings (SSSR count). The van der Waals surface area contributed by atoms with Crippen LogP contribution in [0.1, 0.15) is 50.5 Å². The van der Waals surface area contributed by atoms with Gasteiger partial charge in [0.1, 0.15) is 0 Å². The Hall–Kier alpha value is -1.35. The monoisotopic (exact) mass is 476 g/mol. The molecule has 0 fully saturated rings. The van der Waals surface area contributed by atoms with Crippen molar-refractivity contribution in [2.75, 3.05) is 20.7 Å². The van der Waals surface area contributed by atoms with Gasteiger partial charge in [-0.2, -0.15) is 0 Å². The predicted molar refractivity (Wildman–Crippen MR) is 118 cm³/mol. The first-order chi connectivity index (χ1) is 11.6. The number of ether oxygens (including phenoxy) is 1. The number of rotatable bonds is 6. The van der Waals surface area contributed by atoms with Crippen LogP contribution in [0, 0.1) is 0 Å². The zero-order valence-electron chi connectivity index (χ0n) is 16.9. The number of methoxy groups -OCH3 is 1. The largest absolute Gasteiger partial charge is 0.377 e. The number of carbonyl (C=O) groups is 1. The Kier molecular flexibility index (Phi) is 10.2. The van der Waals surface area contributed by atoms with Gasteiger partial charge in [0.25, 0.3) is 5.91 Å². The number of benzene rings is 1. The fourth-order valence-corrected chi connectivity index (χ4v) is 2.01. The van der Waals surface area contributed by atoms with E-state index in [1.807, 2.05) is 58.9 Å². The predicted octanol–water partition coefficient (Wildman–Crippen LogP) is 2.92. The first-order valence-electron chi connectivity index (χ1n) is 8.47. The van der Waals surface area contributed by atoms with Gasteiger partial charge in [-0.1, -0.05) is 12.1 Å². The van der Waals surface area contributed by atoms with Crippen molar-refractivity contribution < 1.29 is 9.53 Å². The number of nitrogens with zero attached hydrogens (tertiary/aromatic N) is 1. The molecule has 3 N–H and O–H groups in total. The second kappa shape index (κ2) is 10.7. The van der Waals surface area contributed by atoms with Gasteiger partial charge in [0.2, 0.25) is 0 Å². The van der Waals surface area contributed by atoms with Crippen LogP contribution in [0.2, 0.25) is 0 Å². The van der Waals surface area contributed by atoms with E-state index in [0.29, 0.717) is 24.6 Å². The third-order valence-electron chi connectivity index (χ3n) is 3.60. The van der Waals surface area contributed by atoms with Crippen molar-refractivity contribution in [2.45, 2.75) is 52.3 Å². The summed E-state index contributed by atoms with van der Waals surface area (Å²) in [6.07, 6.45) is 0. The van der Waals surface area contributed by atoms with Gasteiger partial charge in [0.05, 0.1) is 5.60 Å². The molecule has 0 bridgehead atoms. The Morgan fingerprint density at radius 1 is 1.15 bits per heavy atom. The normalized spacial score (nSPS) is 12.2. The Labute approximate surface area is 174 Å². The van der Waals surface area contributed by atoms with Crippen LogP contribution in [0.15, 0.2) is 29.3 Å². The van der Waals surface area contributed by atoms with Crippen molar-refractivity contribution in [3.05, 3.63) is 35.4 Å². The molecule has 0 saturated heterocycles. The molecule has 1 amide bonds. The highest BCUT2D eigenvalue weighted by molar-refractivity contribution is 14.0. The lowest BCUT2D eigenvalue weighted by Crippen LogP contribution is -2.45. The number of hydrogen-bond acceptors (Lipinski definition) is 3. The van der Waals surface area contributed by atoms with Crippen molar-refractivity contribution >= 4 is 35.8 Å². The summed E-state index contributed by atoms with van der Waals surface area (Å²) in [5, 5.41) is 9.46. The zero-order chi connectivity index (χ0) is 19.1. The van der Waals surface area contributed by atoms with Crippen LogP contribution in [0.5, 0.6) is 0 Å². The number of carbonyl (C=O) groups excluding carboxylic acids is 1. The summed E-state index contributed by atoms with van der Waals surface area (Å²) < 4.78 is 5.39. The number of guanidine groups is 1. The summed E-state index contributed by atoms with van der Waals surface area (Å²) in [5.74, 6) is 0.619. The lowest BCUT2D eigenvalue weighted by molar-refractivity contribution is 0.0268. The fourth-order valence-electron chi connectivity index (χ4n) is 2.01. The van der Waals surface area contributed by atoms with Crippen LogP contribution in [-0.4, -0.2) is 43.7 Å². The summed E-state index contributed by atoms with van der Waals surface area (Å²) in [6.45, 7) is 11.1. The second-order valence-corrected chi connectivity index (χ2v) is 7.65. The number of amides is 1. The molecule has 0 aliphatic carbocycles. The lowest BCUT2D eigenvalue weighted by Gasteiger charge is -2.24. The minimum Gasteiger partial charge on any atom is -0.377 e. The van der Waals surface area contributed by atoms with Crippen molar-refractivity contribution in [1.29, 1.82) is 0 Å². The average Bonchev–Trinajstić information content (AvgIpc) is 2.53. The van der Waals surface area contributed by atoms with Gasteiger partial charge >= 0.3 is 0 Å². The third kappa shape index (κ3) is 9.38. The highest BCUT2D eigenvalue weighted by atomic mass is 127. The van der Waals surface area contributed by atoms with E-state index in [0.717, 1.165) is 5.56 Å². The van der Waals surface area contributed by atoms with Crippen molar-refractivity contribution in [1.82, 2.24) is 16.0 Å². The molecule has 0 aliphatic heterocycles. The first kappa shape index (κ1) is 24.7. The Morgan fingerprint density at radius 2 is 1.81 bits per heavy atom. The molecule has 26 heavy (non-hydrogen) atoms.